The summed E-state index contributed by atoms with van der Waals surface area (Å²) in [5, 5.41) is 8.98. The van der Waals surface area contributed by atoms with Gasteiger partial charge in [-0.1, -0.05) is 19.3 Å². The quantitative estimate of drug-likeness (QED) is 0.590. The fraction of sp³-hybridized carbons (Fsp3) is 0.833. The van der Waals surface area contributed by atoms with E-state index in [1.165, 1.54) is 0 Å². The largest absolute Gasteiger partial charge is 0.480 e. The van der Waals surface area contributed by atoms with Gasteiger partial charge >= 0.3 is 5.97 Å². The highest BCUT2D eigenvalue weighted by Gasteiger charge is 2.27. The number of rotatable bonds is 8. The summed E-state index contributed by atoms with van der Waals surface area (Å²) < 4.78 is 26.1. The highest BCUT2D eigenvalue weighted by atomic mass is 32.2. The predicted octanol–water partition coefficient (Wildman–Crippen LogP) is 0.205. The highest BCUT2D eigenvalue weighted by Crippen LogP contribution is 2.24. The van der Waals surface area contributed by atoms with Crippen molar-refractivity contribution < 1.29 is 23.1 Å². The van der Waals surface area contributed by atoms with Gasteiger partial charge in [-0.15, -0.1) is 0 Å². The second-order valence-electron chi connectivity index (χ2n) is 5.30. The summed E-state index contributed by atoms with van der Waals surface area (Å²) in [5.74, 6) is -1.90. The van der Waals surface area contributed by atoms with Crippen LogP contribution < -0.4 is 10.5 Å². The molecule has 0 heterocycles. The molecule has 1 amide bonds. The van der Waals surface area contributed by atoms with Crippen molar-refractivity contribution in [1.82, 2.24) is 4.72 Å². The number of aliphatic carboxylic acids is 1. The molecule has 0 aromatic rings. The minimum absolute atomic E-state index is 0.0483. The van der Waals surface area contributed by atoms with Crippen molar-refractivity contribution in [2.24, 2.45) is 11.7 Å². The van der Waals surface area contributed by atoms with E-state index in [0.29, 0.717) is 0 Å². The maximum atomic E-state index is 12.0. The average Bonchev–Trinajstić information content (AvgIpc) is 2.34. The summed E-state index contributed by atoms with van der Waals surface area (Å²) in [7, 11) is -3.66. The number of hydrogen-bond donors (Lipinski definition) is 3. The number of primary amides is 1. The third kappa shape index (κ3) is 6.33. The number of carbonyl (C=O) groups excluding carboxylic acids is 1. The summed E-state index contributed by atoms with van der Waals surface area (Å²) in [5.41, 5.74) is 4.94. The molecule has 116 valence electrons. The van der Waals surface area contributed by atoms with E-state index in [1.807, 2.05) is 0 Å². The molecule has 20 heavy (non-hydrogen) atoms. The lowest BCUT2D eigenvalue weighted by Crippen LogP contribution is -2.43. The Hall–Kier alpha value is -1.15. The number of nitrogens with two attached hydrogens (primary N) is 1. The summed E-state index contributed by atoms with van der Waals surface area (Å²) in [6, 6.07) is -1.30. The molecule has 1 rings (SSSR count). The summed E-state index contributed by atoms with van der Waals surface area (Å²) in [6.45, 7) is 0. The SMILES string of the molecule is NC(=O)CC[C@H](NS(=O)(=O)CC1CCCCC1)C(=O)O. The Morgan fingerprint density at radius 3 is 2.35 bits per heavy atom. The first-order valence-corrected chi connectivity index (χ1v) is 8.46. The van der Waals surface area contributed by atoms with Gasteiger partial charge in [-0.05, 0) is 25.2 Å². The van der Waals surface area contributed by atoms with Gasteiger partial charge in [-0.2, -0.15) is 0 Å². The molecule has 0 bridgehead atoms. The molecule has 1 aliphatic rings. The molecule has 4 N–H and O–H groups in total. The number of nitrogens with one attached hydrogen (secondary N) is 1. The maximum absolute atomic E-state index is 12.0. The summed E-state index contributed by atoms with van der Waals surface area (Å²) in [4.78, 5) is 21.7. The first-order valence-electron chi connectivity index (χ1n) is 6.81. The van der Waals surface area contributed by atoms with Gasteiger partial charge < -0.3 is 10.8 Å². The molecule has 0 radical (unpaired) electrons. The number of carboxylic acids is 1. The van der Waals surface area contributed by atoms with Gasteiger partial charge in [0.1, 0.15) is 6.04 Å². The van der Waals surface area contributed by atoms with E-state index < -0.39 is 27.9 Å². The smallest absolute Gasteiger partial charge is 0.321 e. The third-order valence-electron chi connectivity index (χ3n) is 3.48. The zero-order valence-corrected chi connectivity index (χ0v) is 12.2. The minimum atomic E-state index is -3.66. The zero-order chi connectivity index (χ0) is 15.2. The van der Waals surface area contributed by atoms with Crippen LogP contribution in [-0.2, 0) is 19.6 Å². The fourth-order valence-electron chi connectivity index (χ4n) is 2.45. The van der Waals surface area contributed by atoms with E-state index in [9.17, 15) is 18.0 Å². The Morgan fingerprint density at radius 2 is 1.85 bits per heavy atom. The molecule has 7 nitrogen and oxygen atoms in total. The molecule has 1 saturated carbocycles. The highest BCUT2D eigenvalue weighted by molar-refractivity contribution is 7.89. The monoisotopic (exact) mass is 306 g/mol. The van der Waals surface area contributed by atoms with Crippen LogP contribution in [0.25, 0.3) is 0 Å². The molecule has 0 aliphatic heterocycles. The van der Waals surface area contributed by atoms with Gasteiger partial charge in [-0.25, -0.2) is 13.1 Å². The first-order chi connectivity index (χ1) is 9.30. The number of sulfonamides is 1. The second kappa shape index (κ2) is 7.58. The van der Waals surface area contributed by atoms with Crippen LogP contribution in [0, 0.1) is 5.92 Å². The second-order valence-corrected chi connectivity index (χ2v) is 7.10. The molecule has 0 unspecified atom stereocenters. The molecular formula is C12H22N2O5S. The van der Waals surface area contributed by atoms with Crippen molar-refractivity contribution in [2.75, 3.05) is 5.75 Å². The number of carboxylic acid groups (broad SMARTS) is 1. The van der Waals surface area contributed by atoms with Crippen molar-refractivity contribution in [3.05, 3.63) is 0 Å². The van der Waals surface area contributed by atoms with Gasteiger partial charge in [0, 0.05) is 6.42 Å². The van der Waals surface area contributed by atoms with E-state index in [-0.39, 0.29) is 24.5 Å². The number of carbonyl (C=O) groups is 2. The lowest BCUT2D eigenvalue weighted by Gasteiger charge is -2.22. The molecular weight excluding hydrogens is 284 g/mol. The lowest BCUT2D eigenvalue weighted by molar-refractivity contribution is -0.139. The summed E-state index contributed by atoms with van der Waals surface area (Å²) >= 11 is 0. The Kier molecular flexibility index (Phi) is 6.41. The standard InChI is InChI=1S/C12H22N2O5S/c13-11(15)7-6-10(12(16)17)14-20(18,19)8-9-4-2-1-3-5-9/h9-10,14H,1-8H2,(H2,13,15)(H,16,17)/t10-/m0/s1. The molecule has 1 aliphatic carbocycles. The molecule has 0 aromatic heterocycles. The minimum Gasteiger partial charge on any atom is -0.480 e. The van der Waals surface area contributed by atoms with Crippen molar-refractivity contribution >= 4 is 21.9 Å². The first kappa shape index (κ1) is 16.9. The molecule has 0 aromatic carbocycles. The van der Waals surface area contributed by atoms with Crippen molar-refractivity contribution in [1.29, 1.82) is 0 Å². The molecule has 1 atom stereocenters. The van der Waals surface area contributed by atoms with Gasteiger partial charge in [0.2, 0.25) is 15.9 Å². The van der Waals surface area contributed by atoms with Crippen molar-refractivity contribution in [3.8, 4) is 0 Å². The van der Waals surface area contributed by atoms with Crippen LogP contribution in [0.5, 0.6) is 0 Å². The molecule has 0 saturated heterocycles. The predicted molar refractivity (Wildman–Crippen MR) is 73.3 cm³/mol. The van der Waals surface area contributed by atoms with Crippen LogP contribution >= 0.6 is 0 Å². The zero-order valence-electron chi connectivity index (χ0n) is 11.4. The van der Waals surface area contributed by atoms with Crippen LogP contribution in [0.3, 0.4) is 0 Å². The summed E-state index contributed by atoms with van der Waals surface area (Å²) in [6.07, 6.45) is 4.59. The number of hydrogen-bond acceptors (Lipinski definition) is 4. The Morgan fingerprint density at radius 1 is 1.25 bits per heavy atom. The van der Waals surface area contributed by atoms with Crippen LogP contribution in [0.4, 0.5) is 0 Å². The average molecular weight is 306 g/mol. The van der Waals surface area contributed by atoms with Gasteiger partial charge in [-0.3, -0.25) is 9.59 Å². The van der Waals surface area contributed by atoms with E-state index in [1.54, 1.807) is 0 Å². The Balaban J connectivity index is 2.55. The Bertz CT molecular complexity index is 443. The van der Waals surface area contributed by atoms with E-state index in [4.69, 9.17) is 10.8 Å². The van der Waals surface area contributed by atoms with E-state index >= 15 is 0 Å². The normalized spacial score (nSPS) is 18.6. The van der Waals surface area contributed by atoms with Crippen LogP contribution in [0.15, 0.2) is 0 Å². The van der Waals surface area contributed by atoms with E-state index in [2.05, 4.69) is 4.72 Å². The Labute approximate surface area is 119 Å². The van der Waals surface area contributed by atoms with Gasteiger partial charge in [0.15, 0.2) is 0 Å². The third-order valence-corrected chi connectivity index (χ3v) is 5.03. The van der Waals surface area contributed by atoms with Crippen LogP contribution in [0.1, 0.15) is 44.9 Å². The van der Waals surface area contributed by atoms with Crippen molar-refractivity contribution in [3.63, 3.8) is 0 Å². The van der Waals surface area contributed by atoms with Gasteiger partial charge in [0.05, 0.1) is 5.75 Å². The van der Waals surface area contributed by atoms with Gasteiger partial charge in [0.25, 0.3) is 0 Å². The fourth-order valence-corrected chi connectivity index (χ4v) is 4.15. The number of amides is 1. The molecule has 0 spiro atoms. The van der Waals surface area contributed by atoms with E-state index in [0.717, 1.165) is 32.1 Å². The van der Waals surface area contributed by atoms with Crippen LogP contribution in [-0.4, -0.2) is 37.2 Å². The van der Waals surface area contributed by atoms with Crippen LogP contribution in [0.2, 0.25) is 0 Å². The molecule has 8 heteroatoms. The molecule has 1 fully saturated rings. The lowest BCUT2D eigenvalue weighted by atomic mass is 9.91. The maximum Gasteiger partial charge on any atom is 0.321 e. The van der Waals surface area contributed by atoms with Crippen molar-refractivity contribution in [2.45, 2.75) is 51.0 Å². The topological polar surface area (TPSA) is 127 Å².